The lowest BCUT2D eigenvalue weighted by atomic mass is 9.96. The van der Waals surface area contributed by atoms with Gasteiger partial charge in [-0.2, -0.15) is 0 Å². The van der Waals surface area contributed by atoms with Gasteiger partial charge in [0.2, 0.25) is 0 Å². The molecule has 1 N–H and O–H groups in total. The van der Waals surface area contributed by atoms with Crippen molar-refractivity contribution in [2.24, 2.45) is 0 Å². The summed E-state index contributed by atoms with van der Waals surface area (Å²) in [4.78, 5) is 31.9. The summed E-state index contributed by atoms with van der Waals surface area (Å²) in [6.45, 7) is 5.24. The van der Waals surface area contributed by atoms with Crippen LogP contribution in [0.25, 0.3) is 0 Å². The van der Waals surface area contributed by atoms with Crippen LogP contribution in [0.5, 0.6) is 0 Å². The van der Waals surface area contributed by atoms with Crippen LogP contribution in [0.4, 0.5) is 5.82 Å². The number of hydrogen-bond acceptors (Lipinski definition) is 7. The zero-order chi connectivity index (χ0) is 19.0. The predicted octanol–water partition coefficient (Wildman–Crippen LogP) is 2.29. The number of carbonyl (C=O) groups excluding carboxylic acids is 1. The standard InChI is InChI=1S/C19H26N6OS/c1-12-16(27-11-21-12)19(26)25-8-6-14-15(10-25)22-17(23-18(14)20-2)13-5-4-7-24(3)9-13/h11,13H,4-10H2,1-3H3,(H,20,22,23)/t13-/m1/s1. The Kier molecular flexibility index (Phi) is 5.10. The molecule has 0 saturated carbocycles. The first-order valence-corrected chi connectivity index (χ1v) is 10.4. The van der Waals surface area contributed by atoms with Crippen LogP contribution in [0, 0.1) is 6.92 Å². The zero-order valence-electron chi connectivity index (χ0n) is 16.2. The Morgan fingerprint density at radius 1 is 1.33 bits per heavy atom. The minimum absolute atomic E-state index is 0.0595. The Balaban J connectivity index is 1.62. The molecule has 1 fully saturated rings. The van der Waals surface area contributed by atoms with Gasteiger partial charge in [0.15, 0.2) is 0 Å². The highest BCUT2D eigenvalue weighted by atomic mass is 32.1. The molecule has 2 aliphatic heterocycles. The molecular weight excluding hydrogens is 360 g/mol. The molecule has 144 valence electrons. The number of thiazole rings is 1. The van der Waals surface area contributed by atoms with Crippen molar-refractivity contribution < 1.29 is 4.79 Å². The van der Waals surface area contributed by atoms with E-state index in [1.165, 1.54) is 17.8 Å². The average Bonchev–Trinajstić information content (AvgIpc) is 3.11. The molecule has 0 aliphatic carbocycles. The molecule has 7 nitrogen and oxygen atoms in total. The molecule has 8 heteroatoms. The van der Waals surface area contributed by atoms with Crippen LogP contribution in [0.3, 0.4) is 0 Å². The number of hydrogen-bond donors (Lipinski definition) is 1. The van der Waals surface area contributed by atoms with Gasteiger partial charge in [-0.15, -0.1) is 11.3 Å². The molecule has 27 heavy (non-hydrogen) atoms. The monoisotopic (exact) mass is 386 g/mol. The summed E-state index contributed by atoms with van der Waals surface area (Å²) in [5.41, 5.74) is 4.68. The summed E-state index contributed by atoms with van der Waals surface area (Å²) in [6.07, 6.45) is 3.07. The number of likely N-dealkylation sites (tertiary alicyclic amines) is 1. The molecule has 1 atom stereocenters. The van der Waals surface area contributed by atoms with Crippen molar-refractivity contribution in [2.45, 2.75) is 38.6 Å². The highest BCUT2D eigenvalue weighted by Crippen LogP contribution is 2.30. The smallest absolute Gasteiger partial charge is 0.266 e. The number of carbonyl (C=O) groups is 1. The van der Waals surface area contributed by atoms with Crippen LogP contribution >= 0.6 is 11.3 Å². The molecule has 0 spiro atoms. The van der Waals surface area contributed by atoms with E-state index in [-0.39, 0.29) is 5.91 Å². The van der Waals surface area contributed by atoms with E-state index in [9.17, 15) is 4.79 Å². The third kappa shape index (κ3) is 3.55. The largest absolute Gasteiger partial charge is 0.373 e. The number of likely N-dealkylation sites (N-methyl/N-ethyl adjacent to an activating group) is 1. The summed E-state index contributed by atoms with van der Waals surface area (Å²) in [5.74, 6) is 2.25. The van der Waals surface area contributed by atoms with Gasteiger partial charge >= 0.3 is 0 Å². The number of fused-ring (bicyclic) bond motifs is 1. The fraction of sp³-hybridized carbons (Fsp3) is 0.579. The molecule has 1 saturated heterocycles. The SMILES string of the molecule is CNc1nc([C@@H]2CCCN(C)C2)nc2c1CCN(C(=O)c1scnc1C)C2. The maximum atomic E-state index is 12.9. The van der Waals surface area contributed by atoms with Crippen LogP contribution in [-0.4, -0.2) is 64.4 Å². The van der Waals surface area contributed by atoms with E-state index in [0.717, 1.165) is 59.4 Å². The zero-order valence-corrected chi connectivity index (χ0v) is 17.0. The van der Waals surface area contributed by atoms with Gasteiger partial charge in [0.1, 0.15) is 16.5 Å². The molecule has 0 unspecified atom stereocenters. The molecule has 2 aliphatic rings. The topological polar surface area (TPSA) is 74.2 Å². The quantitative estimate of drug-likeness (QED) is 0.872. The minimum Gasteiger partial charge on any atom is -0.373 e. The van der Waals surface area contributed by atoms with E-state index in [1.807, 2.05) is 18.9 Å². The first kappa shape index (κ1) is 18.3. The van der Waals surface area contributed by atoms with Crippen molar-refractivity contribution in [2.75, 3.05) is 39.0 Å². The lowest BCUT2D eigenvalue weighted by molar-refractivity contribution is 0.0735. The van der Waals surface area contributed by atoms with Crippen molar-refractivity contribution in [3.05, 3.63) is 33.2 Å². The minimum atomic E-state index is 0.0595. The number of rotatable bonds is 3. The molecule has 4 heterocycles. The molecule has 0 bridgehead atoms. The van der Waals surface area contributed by atoms with Gasteiger partial charge in [0.25, 0.3) is 5.91 Å². The van der Waals surface area contributed by atoms with Gasteiger partial charge in [-0.1, -0.05) is 0 Å². The lowest BCUT2D eigenvalue weighted by Crippen LogP contribution is -2.37. The number of aromatic nitrogens is 3. The second kappa shape index (κ2) is 7.52. The number of aryl methyl sites for hydroxylation is 1. The molecule has 2 aromatic rings. The van der Waals surface area contributed by atoms with Gasteiger partial charge in [0, 0.05) is 31.6 Å². The van der Waals surface area contributed by atoms with Gasteiger partial charge in [-0.25, -0.2) is 15.0 Å². The van der Waals surface area contributed by atoms with Gasteiger partial charge in [0.05, 0.1) is 23.4 Å². The average molecular weight is 387 g/mol. The fourth-order valence-electron chi connectivity index (χ4n) is 4.04. The van der Waals surface area contributed by atoms with E-state index in [1.54, 1.807) is 5.51 Å². The number of amides is 1. The second-order valence-electron chi connectivity index (χ2n) is 7.45. The van der Waals surface area contributed by atoms with E-state index in [2.05, 4.69) is 22.2 Å². The Bertz CT molecular complexity index is 851. The fourth-order valence-corrected chi connectivity index (χ4v) is 4.81. The summed E-state index contributed by atoms with van der Waals surface area (Å²) >= 11 is 1.41. The first-order valence-electron chi connectivity index (χ1n) is 9.52. The van der Waals surface area contributed by atoms with Crippen molar-refractivity contribution in [3.63, 3.8) is 0 Å². The third-order valence-electron chi connectivity index (χ3n) is 5.54. The van der Waals surface area contributed by atoms with Gasteiger partial charge in [-0.3, -0.25) is 4.79 Å². The van der Waals surface area contributed by atoms with E-state index in [4.69, 9.17) is 9.97 Å². The Morgan fingerprint density at radius 2 is 2.19 bits per heavy atom. The van der Waals surface area contributed by atoms with Crippen molar-refractivity contribution >= 4 is 23.1 Å². The maximum absolute atomic E-state index is 12.9. The Morgan fingerprint density at radius 3 is 2.89 bits per heavy atom. The summed E-state index contributed by atoms with van der Waals surface area (Å²) in [7, 11) is 4.07. The van der Waals surface area contributed by atoms with Crippen LogP contribution in [0.1, 0.15) is 51.2 Å². The first-order chi connectivity index (χ1) is 13.1. The van der Waals surface area contributed by atoms with E-state index in [0.29, 0.717) is 19.0 Å². The Labute approximate surface area is 163 Å². The molecule has 2 aromatic heterocycles. The number of piperidine rings is 1. The number of nitrogens with one attached hydrogen (secondary N) is 1. The summed E-state index contributed by atoms with van der Waals surface area (Å²) < 4.78 is 0. The number of nitrogens with zero attached hydrogens (tertiary/aromatic N) is 5. The predicted molar refractivity (Wildman–Crippen MR) is 106 cm³/mol. The van der Waals surface area contributed by atoms with Crippen molar-refractivity contribution in [1.82, 2.24) is 24.8 Å². The highest BCUT2D eigenvalue weighted by molar-refractivity contribution is 7.11. The number of anilines is 1. The summed E-state index contributed by atoms with van der Waals surface area (Å²) in [6, 6.07) is 0. The van der Waals surface area contributed by atoms with Crippen molar-refractivity contribution in [3.8, 4) is 0 Å². The van der Waals surface area contributed by atoms with E-state index < -0.39 is 0 Å². The summed E-state index contributed by atoms with van der Waals surface area (Å²) in [5, 5.41) is 3.25. The molecule has 4 rings (SSSR count). The third-order valence-corrected chi connectivity index (χ3v) is 6.45. The van der Waals surface area contributed by atoms with Crippen LogP contribution in [0.15, 0.2) is 5.51 Å². The molecular formula is C19H26N6OS. The molecule has 0 radical (unpaired) electrons. The van der Waals surface area contributed by atoms with E-state index >= 15 is 0 Å². The van der Waals surface area contributed by atoms with Crippen molar-refractivity contribution in [1.29, 1.82) is 0 Å². The Hall–Kier alpha value is -2.06. The van der Waals surface area contributed by atoms with Crippen LogP contribution < -0.4 is 5.32 Å². The maximum Gasteiger partial charge on any atom is 0.266 e. The highest BCUT2D eigenvalue weighted by Gasteiger charge is 2.29. The van der Waals surface area contributed by atoms with Gasteiger partial charge in [-0.05, 0) is 39.8 Å². The lowest BCUT2D eigenvalue weighted by Gasteiger charge is -2.32. The molecule has 0 aromatic carbocycles. The second-order valence-corrected chi connectivity index (χ2v) is 8.31. The van der Waals surface area contributed by atoms with Gasteiger partial charge < -0.3 is 15.1 Å². The van der Waals surface area contributed by atoms with Crippen LogP contribution in [0.2, 0.25) is 0 Å². The molecule has 1 amide bonds. The van der Waals surface area contributed by atoms with Crippen LogP contribution in [-0.2, 0) is 13.0 Å². The normalized spacial score (nSPS) is 20.4.